The van der Waals surface area contributed by atoms with E-state index in [1.165, 1.54) is 0 Å². The van der Waals surface area contributed by atoms with Gasteiger partial charge >= 0.3 is 0 Å². The maximum Gasteiger partial charge on any atom is 0.227 e. The highest BCUT2D eigenvalue weighted by molar-refractivity contribution is 5.90. The molecule has 0 saturated heterocycles. The van der Waals surface area contributed by atoms with Crippen LogP contribution in [0.3, 0.4) is 0 Å². The van der Waals surface area contributed by atoms with Crippen LogP contribution in [0, 0.1) is 11.6 Å². The Morgan fingerprint density at radius 3 is 3.00 bits per heavy atom. The van der Waals surface area contributed by atoms with Gasteiger partial charge in [-0.1, -0.05) is 11.2 Å². The molecule has 2 aromatic rings. The van der Waals surface area contributed by atoms with Crippen LogP contribution in [-0.4, -0.2) is 41.1 Å². The number of benzene rings is 1. The number of amides is 1. The zero-order valence-corrected chi connectivity index (χ0v) is 13.8. The summed E-state index contributed by atoms with van der Waals surface area (Å²) in [6.07, 6.45) is 3.15. The third kappa shape index (κ3) is 4.48. The number of likely N-dealkylation sites (N-methyl/N-ethyl adjacent to an activating group) is 1. The van der Waals surface area contributed by atoms with E-state index < -0.39 is 17.5 Å². The average Bonchev–Trinajstić information content (AvgIpc) is 3.06. The van der Waals surface area contributed by atoms with Gasteiger partial charge in [-0.05, 0) is 31.2 Å². The molecule has 1 aliphatic heterocycles. The monoisotopic (exact) mass is 348 g/mol. The smallest absolute Gasteiger partial charge is 0.227 e. The summed E-state index contributed by atoms with van der Waals surface area (Å²) in [7, 11) is 2.04. The van der Waals surface area contributed by atoms with Crippen LogP contribution in [0.4, 0.5) is 14.5 Å². The average molecular weight is 348 g/mol. The molecule has 0 saturated carbocycles. The van der Waals surface area contributed by atoms with E-state index in [9.17, 15) is 13.6 Å². The fourth-order valence-corrected chi connectivity index (χ4v) is 2.49. The second kappa shape index (κ2) is 7.52. The Morgan fingerprint density at radius 2 is 2.24 bits per heavy atom. The van der Waals surface area contributed by atoms with Gasteiger partial charge in [-0.25, -0.2) is 8.78 Å². The van der Waals surface area contributed by atoms with E-state index in [2.05, 4.69) is 26.4 Å². The summed E-state index contributed by atoms with van der Waals surface area (Å²) in [5.41, 5.74) is 0.840. The molecule has 0 atom stereocenters. The van der Waals surface area contributed by atoms with Crippen molar-refractivity contribution in [1.82, 2.24) is 15.0 Å². The Bertz CT molecular complexity index is 804. The number of carbonyl (C=O) groups is 1. The lowest BCUT2D eigenvalue weighted by atomic mass is 10.1. The quantitative estimate of drug-likeness (QED) is 0.899. The molecule has 0 bridgehead atoms. The number of aromatic nitrogens is 2. The minimum absolute atomic E-state index is 0.0272. The van der Waals surface area contributed by atoms with E-state index in [-0.39, 0.29) is 18.5 Å². The van der Waals surface area contributed by atoms with Crippen molar-refractivity contribution in [1.29, 1.82) is 0 Å². The lowest BCUT2D eigenvalue weighted by molar-refractivity contribution is -0.116. The summed E-state index contributed by atoms with van der Waals surface area (Å²) in [6, 6.07) is 2.89. The zero-order valence-electron chi connectivity index (χ0n) is 13.8. The van der Waals surface area contributed by atoms with E-state index in [0.29, 0.717) is 11.7 Å². The molecule has 1 N–H and O–H groups in total. The highest BCUT2D eigenvalue weighted by Crippen LogP contribution is 2.20. The Balaban J connectivity index is 1.55. The van der Waals surface area contributed by atoms with Crippen molar-refractivity contribution in [2.24, 2.45) is 0 Å². The number of nitrogens with one attached hydrogen (secondary N) is 1. The van der Waals surface area contributed by atoms with Gasteiger partial charge < -0.3 is 14.7 Å². The van der Waals surface area contributed by atoms with Gasteiger partial charge in [0.25, 0.3) is 0 Å². The Labute approximate surface area is 143 Å². The van der Waals surface area contributed by atoms with Crippen LogP contribution in [0.5, 0.6) is 0 Å². The van der Waals surface area contributed by atoms with Crippen LogP contribution in [0.25, 0.3) is 5.57 Å². The van der Waals surface area contributed by atoms with Gasteiger partial charge in [-0.3, -0.25) is 4.79 Å². The first-order valence-electron chi connectivity index (χ1n) is 7.96. The zero-order chi connectivity index (χ0) is 17.8. The second-order valence-corrected chi connectivity index (χ2v) is 5.93. The van der Waals surface area contributed by atoms with Crippen molar-refractivity contribution in [3.8, 4) is 0 Å². The molecule has 6 nitrogen and oxygen atoms in total. The van der Waals surface area contributed by atoms with Gasteiger partial charge in [0, 0.05) is 32.0 Å². The first-order valence-corrected chi connectivity index (χ1v) is 7.96. The van der Waals surface area contributed by atoms with Crippen molar-refractivity contribution in [2.45, 2.75) is 19.3 Å². The molecule has 2 heterocycles. The van der Waals surface area contributed by atoms with Crippen LogP contribution < -0.4 is 5.32 Å². The fourth-order valence-electron chi connectivity index (χ4n) is 2.49. The van der Waals surface area contributed by atoms with Gasteiger partial charge in [-0.15, -0.1) is 0 Å². The molecule has 1 aromatic heterocycles. The fraction of sp³-hybridized carbons (Fsp3) is 0.353. The standard InChI is InChI=1S/C17H18F2N4O2/c1-23-8-6-11(7-9-23)17-21-16(25-22-17)5-4-15(24)20-14-10-12(18)2-3-13(14)19/h2-3,6,10H,4-5,7-9H2,1H3,(H,20,24). The van der Waals surface area contributed by atoms with Crippen molar-refractivity contribution < 1.29 is 18.1 Å². The molecule has 1 amide bonds. The molecule has 1 aliphatic rings. The van der Waals surface area contributed by atoms with Crippen molar-refractivity contribution in [2.75, 3.05) is 25.5 Å². The van der Waals surface area contributed by atoms with E-state index >= 15 is 0 Å². The molecule has 25 heavy (non-hydrogen) atoms. The summed E-state index contributed by atoms with van der Waals surface area (Å²) >= 11 is 0. The Kier molecular flexibility index (Phi) is 5.18. The molecule has 0 spiro atoms. The highest BCUT2D eigenvalue weighted by Gasteiger charge is 2.16. The summed E-state index contributed by atoms with van der Waals surface area (Å²) in [5, 5.41) is 6.27. The normalized spacial score (nSPS) is 15.1. The minimum Gasteiger partial charge on any atom is -0.339 e. The summed E-state index contributed by atoms with van der Waals surface area (Å²) in [4.78, 5) is 18.4. The first kappa shape index (κ1) is 17.2. The molecule has 3 rings (SSSR count). The molecule has 1 aromatic carbocycles. The molecular formula is C17H18F2N4O2. The van der Waals surface area contributed by atoms with E-state index in [4.69, 9.17) is 4.52 Å². The summed E-state index contributed by atoms with van der Waals surface area (Å²) in [6.45, 7) is 1.76. The van der Waals surface area contributed by atoms with Crippen LogP contribution in [0.1, 0.15) is 24.6 Å². The number of nitrogens with zero attached hydrogens (tertiary/aromatic N) is 3. The van der Waals surface area contributed by atoms with Crippen molar-refractivity contribution in [3.63, 3.8) is 0 Å². The van der Waals surface area contributed by atoms with Gasteiger partial charge in [0.15, 0.2) is 5.82 Å². The Morgan fingerprint density at radius 1 is 1.40 bits per heavy atom. The minimum atomic E-state index is -0.691. The number of carbonyl (C=O) groups excluding carboxylic acids is 1. The van der Waals surface area contributed by atoms with Gasteiger partial charge in [0.05, 0.1) is 5.69 Å². The van der Waals surface area contributed by atoms with Crippen molar-refractivity contribution >= 4 is 17.2 Å². The predicted octanol–water partition coefficient (Wildman–Crippen LogP) is 2.64. The topological polar surface area (TPSA) is 71.3 Å². The van der Waals surface area contributed by atoms with Crippen LogP contribution in [0.15, 0.2) is 28.8 Å². The number of anilines is 1. The SMILES string of the molecule is CN1CC=C(c2noc(CCC(=O)Nc3cc(F)ccc3F)n2)CC1. The third-order valence-corrected chi connectivity index (χ3v) is 3.94. The lowest BCUT2D eigenvalue weighted by Gasteiger charge is -2.19. The molecule has 0 fully saturated rings. The number of halogens is 2. The lowest BCUT2D eigenvalue weighted by Crippen LogP contribution is -2.23. The molecule has 132 valence electrons. The largest absolute Gasteiger partial charge is 0.339 e. The number of rotatable bonds is 5. The number of hydrogen-bond acceptors (Lipinski definition) is 5. The van der Waals surface area contributed by atoms with Crippen molar-refractivity contribution in [3.05, 3.63) is 47.6 Å². The van der Waals surface area contributed by atoms with Gasteiger partial charge in [0.2, 0.25) is 11.8 Å². The number of aryl methyl sites for hydroxylation is 1. The molecule has 0 radical (unpaired) electrons. The third-order valence-electron chi connectivity index (χ3n) is 3.94. The second-order valence-electron chi connectivity index (χ2n) is 5.93. The maximum atomic E-state index is 13.5. The van der Waals surface area contributed by atoms with Gasteiger partial charge in [-0.2, -0.15) is 4.98 Å². The van der Waals surface area contributed by atoms with Crippen LogP contribution >= 0.6 is 0 Å². The molecule has 8 heteroatoms. The number of hydrogen-bond donors (Lipinski definition) is 1. The van der Waals surface area contributed by atoms with Crippen LogP contribution in [0.2, 0.25) is 0 Å². The Hall–Kier alpha value is -2.61. The van der Waals surface area contributed by atoms with Gasteiger partial charge in [0.1, 0.15) is 11.6 Å². The maximum absolute atomic E-state index is 13.5. The first-order chi connectivity index (χ1) is 12.0. The van der Waals surface area contributed by atoms with E-state index in [1.54, 1.807) is 0 Å². The predicted molar refractivity (Wildman–Crippen MR) is 87.7 cm³/mol. The van der Waals surface area contributed by atoms with E-state index in [1.807, 2.05) is 7.05 Å². The van der Waals surface area contributed by atoms with E-state index in [0.717, 1.165) is 43.3 Å². The molecule has 0 unspecified atom stereocenters. The summed E-state index contributed by atoms with van der Waals surface area (Å²) < 4.78 is 31.7. The molecular weight excluding hydrogens is 330 g/mol. The highest BCUT2D eigenvalue weighted by atomic mass is 19.1. The van der Waals surface area contributed by atoms with Crippen LogP contribution in [-0.2, 0) is 11.2 Å². The summed E-state index contributed by atoms with van der Waals surface area (Å²) in [5.74, 6) is -0.888. The molecule has 0 aliphatic carbocycles.